The van der Waals surface area contributed by atoms with Gasteiger partial charge in [0.25, 0.3) is 5.91 Å². The lowest BCUT2D eigenvalue weighted by atomic mass is 10.1. The fourth-order valence-electron chi connectivity index (χ4n) is 3.00. The summed E-state index contributed by atoms with van der Waals surface area (Å²) >= 11 is 0. The Labute approximate surface area is 130 Å². The second kappa shape index (κ2) is 6.22. The summed E-state index contributed by atoms with van der Waals surface area (Å²) in [5.41, 5.74) is 1.59. The number of anilines is 1. The Hall–Kier alpha value is -2.30. The predicted octanol–water partition coefficient (Wildman–Crippen LogP) is 3.57. The average Bonchev–Trinajstić information content (AvgIpc) is 3.18. The van der Waals surface area contributed by atoms with E-state index in [4.69, 9.17) is 4.74 Å². The molecule has 1 aromatic carbocycles. The van der Waals surface area contributed by atoms with Crippen molar-refractivity contribution < 1.29 is 9.53 Å². The number of benzene rings is 1. The Bertz CT molecular complexity index is 672. The Morgan fingerprint density at radius 3 is 2.82 bits per heavy atom. The van der Waals surface area contributed by atoms with E-state index >= 15 is 0 Å². The lowest BCUT2D eigenvalue weighted by Crippen LogP contribution is -2.17. The molecule has 1 N–H and O–H groups in total. The third kappa shape index (κ3) is 2.84. The van der Waals surface area contributed by atoms with Crippen LogP contribution in [0.25, 0.3) is 0 Å². The highest BCUT2D eigenvalue weighted by atomic mass is 16.5. The Balaban J connectivity index is 1.78. The van der Waals surface area contributed by atoms with Gasteiger partial charge in [-0.2, -0.15) is 5.10 Å². The lowest BCUT2D eigenvalue weighted by Gasteiger charge is -2.15. The van der Waals surface area contributed by atoms with Crippen molar-refractivity contribution in [2.45, 2.75) is 38.6 Å². The van der Waals surface area contributed by atoms with Crippen LogP contribution in [0, 0.1) is 6.92 Å². The SMILES string of the molecule is COc1cc(C(=O)Nc2ccnn2C2CCCC2)ccc1C. The third-order valence-electron chi connectivity index (χ3n) is 4.25. The van der Waals surface area contributed by atoms with Gasteiger partial charge in [0.1, 0.15) is 11.6 Å². The highest BCUT2D eigenvalue weighted by Crippen LogP contribution is 2.31. The highest BCUT2D eigenvalue weighted by Gasteiger charge is 2.20. The molecule has 22 heavy (non-hydrogen) atoms. The molecule has 116 valence electrons. The van der Waals surface area contributed by atoms with Gasteiger partial charge in [0, 0.05) is 11.6 Å². The first-order valence-electron chi connectivity index (χ1n) is 7.68. The van der Waals surface area contributed by atoms with Gasteiger partial charge < -0.3 is 10.1 Å². The van der Waals surface area contributed by atoms with Crippen LogP contribution in [0.4, 0.5) is 5.82 Å². The van der Waals surface area contributed by atoms with Crippen LogP contribution in [0.2, 0.25) is 0 Å². The minimum Gasteiger partial charge on any atom is -0.496 e. The second-order valence-corrected chi connectivity index (χ2v) is 5.74. The number of ether oxygens (including phenoxy) is 1. The second-order valence-electron chi connectivity index (χ2n) is 5.74. The molecule has 0 aliphatic heterocycles. The van der Waals surface area contributed by atoms with Crippen molar-refractivity contribution in [3.8, 4) is 5.75 Å². The molecule has 0 atom stereocenters. The molecule has 1 heterocycles. The largest absolute Gasteiger partial charge is 0.496 e. The molecule has 0 radical (unpaired) electrons. The van der Waals surface area contributed by atoms with E-state index in [0.717, 1.165) is 30.0 Å². The summed E-state index contributed by atoms with van der Waals surface area (Å²) in [5.74, 6) is 1.34. The molecule has 0 saturated heterocycles. The van der Waals surface area contributed by atoms with Crippen molar-refractivity contribution in [3.63, 3.8) is 0 Å². The molecule has 0 spiro atoms. The van der Waals surface area contributed by atoms with Crippen LogP contribution in [-0.4, -0.2) is 22.8 Å². The molecule has 3 rings (SSSR count). The first-order chi connectivity index (χ1) is 10.7. The number of carbonyl (C=O) groups is 1. The maximum atomic E-state index is 12.5. The molecule has 1 aliphatic rings. The van der Waals surface area contributed by atoms with Crippen molar-refractivity contribution in [3.05, 3.63) is 41.6 Å². The summed E-state index contributed by atoms with van der Waals surface area (Å²) in [5, 5.41) is 7.33. The summed E-state index contributed by atoms with van der Waals surface area (Å²) in [7, 11) is 1.61. The molecular weight excluding hydrogens is 278 g/mol. The summed E-state index contributed by atoms with van der Waals surface area (Å²) in [6.07, 6.45) is 6.45. The van der Waals surface area contributed by atoms with Crippen LogP contribution < -0.4 is 10.1 Å². The smallest absolute Gasteiger partial charge is 0.256 e. The van der Waals surface area contributed by atoms with Gasteiger partial charge in [-0.25, -0.2) is 4.68 Å². The number of hydrogen-bond donors (Lipinski definition) is 1. The zero-order valence-corrected chi connectivity index (χ0v) is 13.0. The van der Waals surface area contributed by atoms with E-state index in [9.17, 15) is 4.79 Å². The van der Waals surface area contributed by atoms with E-state index in [0.29, 0.717) is 11.6 Å². The van der Waals surface area contributed by atoms with Crippen molar-refractivity contribution in [1.29, 1.82) is 0 Å². The highest BCUT2D eigenvalue weighted by molar-refractivity contribution is 6.04. The molecule has 1 fully saturated rings. The number of aromatic nitrogens is 2. The molecule has 5 nitrogen and oxygen atoms in total. The van der Waals surface area contributed by atoms with Crippen LogP contribution in [0.1, 0.15) is 47.6 Å². The first kappa shape index (κ1) is 14.6. The minimum absolute atomic E-state index is 0.141. The topological polar surface area (TPSA) is 56.1 Å². The van der Waals surface area contributed by atoms with Crippen molar-refractivity contribution in [2.75, 3.05) is 12.4 Å². The first-order valence-corrected chi connectivity index (χ1v) is 7.68. The average molecular weight is 299 g/mol. The number of aryl methyl sites for hydroxylation is 1. The normalized spacial score (nSPS) is 15.0. The number of amides is 1. The van der Waals surface area contributed by atoms with Gasteiger partial charge >= 0.3 is 0 Å². The van der Waals surface area contributed by atoms with Crippen LogP contribution >= 0.6 is 0 Å². The molecule has 1 aromatic heterocycles. The van der Waals surface area contributed by atoms with E-state index in [1.807, 2.05) is 29.8 Å². The van der Waals surface area contributed by atoms with E-state index in [1.54, 1.807) is 19.4 Å². The van der Waals surface area contributed by atoms with Gasteiger partial charge in [-0.1, -0.05) is 18.9 Å². The number of rotatable bonds is 4. The third-order valence-corrected chi connectivity index (χ3v) is 4.25. The molecule has 1 saturated carbocycles. The quantitative estimate of drug-likeness (QED) is 0.939. The molecular formula is C17H21N3O2. The van der Waals surface area contributed by atoms with Crippen LogP contribution in [0.3, 0.4) is 0 Å². The molecule has 0 bridgehead atoms. The summed E-state index contributed by atoms with van der Waals surface area (Å²) < 4.78 is 7.22. The van der Waals surface area contributed by atoms with Gasteiger partial charge in [0.05, 0.1) is 19.3 Å². The Morgan fingerprint density at radius 2 is 2.09 bits per heavy atom. The number of carbonyl (C=O) groups excluding carboxylic acids is 1. The minimum atomic E-state index is -0.141. The van der Waals surface area contributed by atoms with Crippen LogP contribution in [-0.2, 0) is 0 Å². The molecule has 2 aromatic rings. The van der Waals surface area contributed by atoms with Gasteiger partial charge in [-0.15, -0.1) is 0 Å². The molecule has 1 aliphatic carbocycles. The maximum absolute atomic E-state index is 12.5. The van der Waals surface area contributed by atoms with Gasteiger partial charge in [0.15, 0.2) is 0 Å². The molecule has 5 heteroatoms. The number of hydrogen-bond acceptors (Lipinski definition) is 3. The van der Waals surface area contributed by atoms with E-state index in [1.165, 1.54) is 12.8 Å². The van der Waals surface area contributed by atoms with E-state index in [-0.39, 0.29) is 5.91 Å². The molecule has 0 unspecified atom stereocenters. The fourth-order valence-corrected chi connectivity index (χ4v) is 3.00. The van der Waals surface area contributed by atoms with Crippen molar-refractivity contribution in [1.82, 2.24) is 9.78 Å². The van der Waals surface area contributed by atoms with Crippen LogP contribution in [0.5, 0.6) is 5.75 Å². The van der Waals surface area contributed by atoms with Crippen LogP contribution in [0.15, 0.2) is 30.5 Å². The van der Waals surface area contributed by atoms with Gasteiger partial charge in [-0.05, 0) is 37.5 Å². The number of nitrogens with zero attached hydrogens (tertiary/aromatic N) is 2. The fraction of sp³-hybridized carbons (Fsp3) is 0.412. The monoisotopic (exact) mass is 299 g/mol. The van der Waals surface area contributed by atoms with Crippen molar-refractivity contribution >= 4 is 11.7 Å². The summed E-state index contributed by atoms with van der Waals surface area (Å²) in [6, 6.07) is 7.71. The van der Waals surface area contributed by atoms with Gasteiger partial charge in [-0.3, -0.25) is 4.79 Å². The van der Waals surface area contributed by atoms with E-state index < -0.39 is 0 Å². The molecule has 1 amide bonds. The Kier molecular flexibility index (Phi) is 4.13. The summed E-state index contributed by atoms with van der Waals surface area (Å²) in [6.45, 7) is 1.95. The maximum Gasteiger partial charge on any atom is 0.256 e. The summed E-state index contributed by atoms with van der Waals surface area (Å²) in [4.78, 5) is 12.5. The zero-order valence-electron chi connectivity index (χ0n) is 13.0. The predicted molar refractivity (Wildman–Crippen MR) is 85.4 cm³/mol. The zero-order chi connectivity index (χ0) is 15.5. The van der Waals surface area contributed by atoms with E-state index in [2.05, 4.69) is 10.4 Å². The number of methoxy groups -OCH3 is 1. The van der Waals surface area contributed by atoms with Crippen molar-refractivity contribution in [2.24, 2.45) is 0 Å². The Morgan fingerprint density at radius 1 is 1.32 bits per heavy atom. The standard InChI is InChI=1S/C17H21N3O2/c1-12-7-8-13(11-15(12)22-2)17(21)19-16-9-10-18-20(16)14-5-3-4-6-14/h7-11,14H,3-6H2,1-2H3,(H,19,21). The lowest BCUT2D eigenvalue weighted by molar-refractivity contribution is 0.102. The van der Waals surface area contributed by atoms with Gasteiger partial charge in [0.2, 0.25) is 0 Å². The number of nitrogens with one attached hydrogen (secondary N) is 1.